The maximum absolute atomic E-state index is 10.6. The second-order valence-electron chi connectivity index (χ2n) is 3.03. The highest BCUT2D eigenvalue weighted by Gasteiger charge is 2.09. The lowest BCUT2D eigenvalue weighted by Crippen LogP contribution is -2.22. The molecule has 0 radical (unpaired) electrons. The third kappa shape index (κ3) is 3.26. The van der Waals surface area contributed by atoms with Crippen molar-refractivity contribution in [2.45, 2.75) is 19.4 Å². The molecule has 76 valence electrons. The molecule has 2 N–H and O–H groups in total. The maximum atomic E-state index is 10.6. The Balaban J connectivity index is 2.60. The molecule has 0 aliphatic rings. The third-order valence-corrected chi connectivity index (χ3v) is 1.97. The molecule has 1 unspecified atom stereocenters. The van der Waals surface area contributed by atoms with Gasteiger partial charge in [-0.25, -0.2) is 0 Å². The van der Waals surface area contributed by atoms with E-state index in [1.54, 1.807) is 19.1 Å². The fraction of sp³-hybridized carbons (Fsp3) is 0.300. The van der Waals surface area contributed by atoms with Crippen molar-refractivity contribution in [2.24, 2.45) is 5.73 Å². The van der Waals surface area contributed by atoms with Gasteiger partial charge in [-0.15, -0.1) is 0 Å². The molecule has 0 saturated heterocycles. The molecule has 1 rings (SSSR count). The smallest absolute Gasteiger partial charge is 0.221 e. The van der Waals surface area contributed by atoms with Crippen molar-refractivity contribution in [3.63, 3.8) is 0 Å². The van der Waals surface area contributed by atoms with Crippen LogP contribution >= 0.6 is 11.6 Å². The quantitative estimate of drug-likeness (QED) is 0.832. The Bertz CT molecular complexity index is 328. The van der Waals surface area contributed by atoms with E-state index in [1.807, 2.05) is 12.1 Å². The topological polar surface area (TPSA) is 52.3 Å². The van der Waals surface area contributed by atoms with Crippen molar-refractivity contribution >= 4 is 17.5 Å². The van der Waals surface area contributed by atoms with Gasteiger partial charge in [0.1, 0.15) is 11.9 Å². The minimum absolute atomic E-state index is 0.186. The number of nitrogens with two attached hydrogens (primary N) is 1. The predicted octanol–water partition coefficient (Wildman–Crippen LogP) is 1.98. The molecule has 14 heavy (non-hydrogen) atoms. The van der Waals surface area contributed by atoms with Crippen LogP contribution in [0.1, 0.15) is 13.3 Å². The van der Waals surface area contributed by atoms with E-state index in [2.05, 4.69) is 0 Å². The zero-order valence-corrected chi connectivity index (χ0v) is 8.62. The molecule has 0 aliphatic carbocycles. The van der Waals surface area contributed by atoms with Crippen molar-refractivity contribution < 1.29 is 9.53 Å². The number of hydrogen-bond acceptors (Lipinski definition) is 2. The molecule has 0 heterocycles. The number of halogens is 1. The van der Waals surface area contributed by atoms with Crippen LogP contribution < -0.4 is 10.5 Å². The first-order valence-corrected chi connectivity index (χ1v) is 4.67. The third-order valence-electron chi connectivity index (χ3n) is 1.65. The summed E-state index contributed by atoms with van der Waals surface area (Å²) in [5.41, 5.74) is 5.03. The summed E-state index contributed by atoms with van der Waals surface area (Å²) >= 11 is 5.86. The second-order valence-corrected chi connectivity index (χ2v) is 3.44. The van der Waals surface area contributed by atoms with Crippen LogP contribution in [0.25, 0.3) is 0 Å². The molecular formula is C10H12ClNO2. The Morgan fingerprint density at radius 3 is 2.79 bits per heavy atom. The number of primary amides is 1. The average Bonchev–Trinajstić information content (AvgIpc) is 2.07. The Morgan fingerprint density at radius 2 is 2.21 bits per heavy atom. The van der Waals surface area contributed by atoms with Gasteiger partial charge in [-0.3, -0.25) is 4.79 Å². The first kappa shape index (κ1) is 10.9. The molecular weight excluding hydrogens is 202 g/mol. The van der Waals surface area contributed by atoms with E-state index in [4.69, 9.17) is 22.1 Å². The molecule has 1 amide bonds. The van der Waals surface area contributed by atoms with E-state index in [0.29, 0.717) is 10.8 Å². The van der Waals surface area contributed by atoms with Crippen molar-refractivity contribution in [3.8, 4) is 5.75 Å². The van der Waals surface area contributed by atoms with E-state index < -0.39 is 0 Å². The van der Waals surface area contributed by atoms with Crippen LogP contribution in [0.4, 0.5) is 0 Å². The van der Waals surface area contributed by atoms with E-state index in [-0.39, 0.29) is 18.4 Å². The highest BCUT2D eigenvalue weighted by atomic mass is 35.5. The summed E-state index contributed by atoms with van der Waals surface area (Å²) in [6.07, 6.45) is -0.0713. The van der Waals surface area contributed by atoms with Gasteiger partial charge in [0.15, 0.2) is 0 Å². The fourth-order valence-corrected chi connectivity index (χ4v) is 1.26. The van der Waals surface area contributed by atoms with Gasteiger partial charge in [-0.05, 0) is 19.1 Å². The van der Waals surface area contributed by atoms with Crippen LogP contribution in [0, 0.1) is 0 Å². The standard InChI is InChI=1S/C10H12ClNO2/c1-7(6-10(12)13)14-9-5-3-2-4-8(9)11/h2-5,7H,6H2,1H3,(H2,12,13). The molecule has 3 nitrogen and oxygen atoms in total. The largest absolute Gasteiger partial charge is 0.489 e. The first-order valence-electron chi connectivity index (χ1n) is 4.29. The van der Waals surface area contributed by atoms with Crippen LogP contribution in [0.5, 0.6) is 5.75 Å². The first-order chi connectivity index (χ1) is 6.59. The highest BCUT2D eigenvalue weighted by Crippen LogP contribution is 2.24. The van der Waals surface area contributed by atoms with E-state index in [1.165, 1.54) is 0 Å². The number of hydrogen-bond donors (Lipinski definition) is 1. The van der Waals surface area contributed by atoms with Gasteiger partial charge in [-0.1, -0.05) is 23.7 Å². The Kier molecular flexibility index (Phi) is 3.77. The Labute approximate surface area is 87.8 Å². The normalized spacial score (nSPS) is 12.1. The molecule has 4 heteroatoms. The zero-order chi connectivity index (χ0) is 10.6. The number of rotatable bonds is 4. The monoisotopic (exact) mass is 213 g/mol. The van der Waals surface area contributed by atoms with E-state index in [0.717, 1.165) is 0 Å². The number of benzene rings is 1. The number of carbonyl (C=O) groups is 1. The van der Waals surface area contributed by atoms with Crippen molar-refractivity contribution in [1.29, 1.82) is 0 Å². The van der Waals surface area contributed by atoms with Crippen LogP contribution in [-0.4, -0.2) is 12.0 Å². The number of ether oxygens (including phenoxy) is 1. The average molecular weight is 214 g/mol. The zero-order valence-electron chi connectivity index (χ0n) is 7.87. The Morgan fingerprint density at radius 1 is 1.57 bits per heavy atom. The van der Waals surface area contributed by atoms with Crippen LogP contribution in [-0.2, 0) is 4.79 Å². The molecule has 0 saturated carbocycles. The maximum Gasteiger partial charge on any atom is 0.221 e. The minimum Gasteiger partial charge on any atom is -0.489 e. The summed E-state index contributed by atoms with van der Waals surface area (Å²) in [5, 5.41) is 0.531. The van der Waals surface area contributed by atoms with Gasteiger partial charge >= 0.3 is 0 Å². The predicted molar refractivity (Wildman–Crippen MR) is 55.4 cm³/mol. The SMILES string of the molecule is CC(CC(N)=O)Oc1ccccc1Cl. The van der Waals surface area contributed by atoms with Crippen LogP contribution in [0.3, 0.4) is 0 Å². The van der Waals surface area contributed by atoms with Gasteiger partial charge in [-0.2, -0.15) is 0 Å². The van der Waals surface area contributed by atoms with Crippen LogP contribution in [0.15, 0.2) is 24.3 Å². The Hall–Kier alpha value is -1.22. The van der Waals surface area contributed by atoms with Crippen molar-refractivity contribution in [2.75, 3.05) is 0 Å². The molecule has 0 spiro atoms. The number of para-hydroxylation sites is 1. The van der Waals surface area contributed by atoms with Gasteiger partial charge in [0.25, 0.3) is 0 Å². The lowest BCUT2D eigenvalue weighted by molar-refractivity contribution is -0.119. The number of carbonyl (C=O) groups excluding carboxylic acids is 1. The summed E-state index contributed by atoms with van der Waals surface area (Å²) in [6, 6.07) is 7.11. The minimum atomic E-state index is -0.385. The van der Waals surface area contributed by atoms with Crippen LogP contribution in [0.2, 0.25) is 5.02 Å². The molecule has 0 bridgehead atoms. The number of amides is 1. The van der Waals surface area contributed by atoms with Gasteiger partial charge in [0.2, 0.25) is 5.91 Å². The molecule has 1 aromatic carbocycles. The molecule has 0 aliphatic heterocycles. The van der Waals surface area contributed by atoms with Gasteiger partial charge < -0.3 is 10.5 Å². The van der Waals surface area contributed by atoms with Gasteiger partial charge in [0.05, 0.1) is 11.4 Å². The molecule has 0 fully saturated rings. The van der Waals surface area contributed by atoms with Crippen molar-refractivity contribution in [3.05, 3.63) is 29.3 Å². The molecule has 1 atom stereocenters. The molecule has 0 aromatic heterocycles. The second kappa shape index (κ2) is 4.86. The summed E-state index contributed by atoms with van der Waals surface area (Å²) in [7, 11) is 0. The molecule has 1 aromatic rings. The summed E-state index contributed by atoms with van der Waals surface area (Å²) < 4.78 is 5.42. The van der Waals surface area contributed by atoms with Gasteiger partial charge in [0, 0.05) is 0 Å². The summed E-state index contributed by atoms with van der Waals surface area (Å²) in [4.78, 5) is 10.6. The van der Waals surface area contributed by atoms with Crippen molar-refractivity contribution in [1.82, 2.24) is 0 Å². The summed E-state index contributed by atoms with van der Waals surface area (Å²) in [5.74, 6) is 0.187. The van der Waals surface area contributed by atoms with E-state index >= 15 is 0 Å². The summed E-state index contributed by atoms with van der Waals surface area (Å²) in [6.45, 7) is 1.77. The fourth-order valence-electron chi connectivity index (χ4n) is 1.08. The van der Waals surface area contributed by atoms with E-state index in [9.17, 15) is 4.79 Å². The lowest BCUT2D eigenvalue weighted by atomic mass is 10.2. The lowest BCUT2D eigenvalue weighted by Gasteiger charge is -2.13. The highest BCUT2D eigenvalue weighted by molar-refractivity contribution is 6.32.